The Hall–Kier alpha value is -2.84. The molecular weight excluding hydrogens is 632 g/mol. The van der Waals surface area contributed by atoms with Gasteiger partial charge in [-0.25, -0.2) is 12.7 Å². The zero-order valence-electron chi connectivity index (χ0n) is 23.2. The van der Waals surface area contributed by atoms with Gasteiger partial charge in [0.15, 0.2) is 0 Å². The number of alkyl halides is 3. The van der Waals surface area contributed by atoms with Crippen LogP contribution < -0.4 is 0 Å². The van der Waals surface area contributed by atoms with Crippen LogP contribution in [0.15, 0.2) is 59.4 Å². The van der Waals surface area contributed by atoms with Crippen LogP contribution in [-0.2, 0) is 36.9 Å². The van der Waals surface area contributed by atoms with Crippen LogP contribution in [0.2, 0.25) is 10.0 Å². The number of halogens is 5. The van der Waals surface area contributed by atoms with E-state index in [1.165, 1.54) is 46.3 Å². The van der Waals surface area contributed by atoms with Gasteiger partial charge in [-0.15, -0.1) is 0 Å². The molecule has 9 nitrogen and oxygen atoms in total. The zero-order chi connectivity index (χ0) is 31.3. The molecule has 232 valence electrons. The molecule has 0 spiro atoms. The third kappa shape index (κ3) is 6.10. The number of nitrogens with zero attached hydrogens (tertiary/aromatic N) is 4. The number of hydrogen-bond acceptors (Lipinski definition) is 6. The second kappa shape index (κ2) is 11.9. The van der Waals surface area contributed by atoms with Crippen LogP contribution in [0.3, 0.4) is 0 Å². The van der Waals surface area contributed by atoms with Crippen molar-refractivity contribution in [1.82, 2.24) is 19.0 Å². The Bertz CT molecular complexity index is 1550. The quantitative estimate of drug-likeness (QED) is 0.461. The Kier molecular flexibility index (Phi) is 8.76. The van der Waals surface area contributed by atoms with Crippen LogP contribution in [0.1, 0.15) is 25.0 Å². The van der Waals surface area contributed by atoms with Gasteiger partial charge in [-0.1, -0.05) is 35.3 Å². The molecule has 2 atom stereocenters. The molecule has 0 aliphatic carbocycles. The summed E-state index contributed by atoms with van der Waals surface area (Å²) in [7, 11) is -4.40. The molecule has 2 aromatic carbocycles. The Labute approximate surface area is 257 Å². The summed E-state index contributed by atoms with van der Waals surface area (Å²) in [6, 6.07) is 5.68. The molecule has 43 heavy (non-hydrogen) atoms. The van der Waals surface area contributed by atoms with E-state index in [4.69, 9.17) is 27.9 Å². The summed E-state index contributed by atoms with van der Waals surface area (Å²) in [5, 5.41) is 0.115. The van der Waals surface area contributed by atoms with Gasteiger partial charge in [-0.3, -0.25) is 19.4 Å². The number of hydrogen-bond donors (Lipinski definition) is 0. The molecular formula is C28H29Cl2F3N4O5S. The van der Waals surface area contributed by atoms with Crippen LogP contribution in [0.25, 0.3) is 0 Å². The van der Waals surface area contributed by atoms with Gasteiger partial charge in [-0.05, 0) is 49.7 Å². The average Bonchev–Trinajstić information content (AvgIpc) is 2.94. The Morgan fingerprint density at radius 3 is 2.23 bits per heavy atom. The molecule has 3 heterocycles. The standard InChI is InChI=1S/C28H29Cl2F3N4O5S/c1-17(2)35-16-25-36(43(40,41)24-8-7-20(29)14-21(24)30)15-23(34-9-11-42-12-10-34)27(39)37(25)22(26(35)38)13-18-3-5-19(6-4-18)28(31,32)33/h3-8,14,16-17,22-23H,9-13,15H2,1-2H3. The summed E-state index contributed by atoms with van der Waals surface area (Å²) >= 11 is 12.4. The van der Waals surface area contributed by atoms with E-state index >= 15 is 0 Å². The minimum atomic E-state index is -4.55. The first-order valence-electron chi connectivity index (χ1n) is 13.5. The number of ether oxygens (including phenoxy) is 1. The SMILES string of the molecule is CC(C)N1C=C2N(C(=O)C(N3CCOCC3)CN2S(=O)(=O)c2ccc(Cl)cc2Cl)C(Cc2ccc(C(F)(F)F)cc2)C1=O. The second-order valence-corrected chi connectivity index (χ2v) is 13.4. The molecule has 0 bridgehead atoms. The van der Waals surface area contributed by atoms with E-state index in [0.29, 0.717) is 31.9 Å². The van der Waals surface area contributed by atoms with E-state index in [-0.39, 0.29) is 33.7 Å². The van der Waals surface area contributed by atoms with Crippen LogP contribution in [0, 0.1) is 0 Å². The maximum Gasteiger partial charge on any atom is 0.416 e. The minimum absolute atomic E-state index is 0.0502. The van der Waals surface area contributed by atoms with Crippen molar-refractivity contribution in [2.24, 2.45) is 0 Å². The third-order valence-electron chi connectivity index (χ3n) is 7.68. The van der Waals surface area contributed by atoms with Gasteiger partial charge in [0.1, 0.15) is 22.8 Å². The van der Waals surface area contributed by atoms with Crippen molar-refractivity contribution < 1.29 is 35.9 Å². The van der Waals surface area contributed by atoms with Gasteiger partial charge in [0, 0.05) is 36.8 Å². The lowest BCUT2D eigenvalue weighted by molar-refractivity contribution is -0.154. The van der Waals surface area contributed by atoms with Crippen molar-refractivity contribution in [3.05, 3.63) is 75.7 Å². The van der Waals surface area contributed by atoms with Gasteiger partial charge in [0.2, 0.25) is 11.8 Å². The number of carbonyl (C=O) groups excluding carboxylic acids is 2. The van der Waals surface area contributed by atoms with Crippen LogP contribution >= 0.6 is 23.2 Å². The molecule has 0 aromatic heterocycles. The Balaban J connectivity index is 1.63. The zero-order valence-corrected chi connectivity index (χ0v) is 25.6. The van der Waals surface area contributed by atoms with Crippen molar-refractivity contribution >= 4 is 45.0 Å². The molecule has 2 fully saturated rings. The molecule has 2 amide bonds. The first-order valence-corrected chi connectivity index (χ1v) is 15.7. The van der Waals surface area contributed by atoms with Gasteiger partial charge in [-0.2, -0.15) is 13.2 Å². The van der Waals surface area contributed by atoms with E-state index in [9.17, 15) is 31.2 Å². The van der Waals surface area contributed by atoms with Crippen LogP contribution in [0.5, 0.6) is 0 Å². The predicted molar refractivity (Wildman–Crippen MR) is 152 cm³/mol. The fourth-order valence-corrected chi connectivity index (χ4v) is 7.66. The molecule has 2 aromatic rings. The van der Waals surface area contributed by atoms with Gasteiger partial charge < -0.3 is 9.64 Å². The van der Waals surface area contributed by atoms with E-state index in [2.05, 4.69) is 0 Å². The number of amides is 2. The average molecular weight is 662 g/mol. The maximum atomic E-state index is 14.2. The van der Waals surface area contributed by atoms with Gasteiger partial charge in [0.05, 0.1) is 30.3 Å². The lowest BCUT2D eigenvalue weighted by Gasteiger charge is -2.51. The Morgan fingerprint density at radius 2 is 1.65 bits per heavy atom. The van der Waals surface area contributed by atoms with Crippen molar-refractivity contribution in [3.8, 4) is 0 Å². The van der Waals surface area contributed by atoms with Crippen LogP contribution in [0.4, 0.5) is 13.2 Å². The number of morpholine rings is 1. The molecule has 0 radical (unpaired) electrons. The van der Waals surface area contributed by atoms with Crippen molar-refractivity contribution in [3.63, 3.8) is 0 Å². The molecule has 5 rings (SSSR count). The van der Waals surface area contributed by atoms with Crippen molar-refractivity contribution in [2.75, 3.05) is 32.8 Å². The molecule has 2 saturated heterocycles. The van der Waals surface area contributed by atoms with Crippen molar-refractivity contribution in [1.29, 1.82) is 0 Å². The lowest BCUT2D eigenvalue weighted by Crippen LogP contribution is -2.68. The Morgan fingerprint density at radius 1 is 1.00 bits per heavy atom. The lowest BCUT2D eigenvalue weighted by atomic mass is 9.97. The fraction of sp³-hybridized carbons (Fsp3) is 0.429. The van der Waals surface area contributed by atoms with Gasteiger partial charge >= 0.3 is 6.18 Å². The first kappa shape index (κ1) is 31.6. The summed E-state index contributed by atoms with van der Waals surface area (Å²) in [6.07, 6.45) is -3.35. The van der Waals surface area contributed by atoms with Crippen molar-refractivity contribution in [2.45, 2.75) is 49.5 Å². The molecule has 15 heteroatoms. The highest BCUT2D eigenvalue weighted by atomic mass is 35.5. The maximum absolute atomic E-state index is 14.2. The summed E-state index contributed by atoms with van der Waals surface area (Å²) in [4.78, 5) is 32.2. The third-order valence-corrected chi connectivity index (χ3v) is 10.2. The largest absolute Gasteiger partial charge is 0.416 e. The first-order chi connectivity index (χ1) is 20.2. The number of fused-ring (bicyclic) bond motifs is 1. The number of benzene rings is 2. The highest BCUT2D eigenvalue weighted by Gasteiger charge is 2.51. The molecule has 3 aliphatic heterocycles. The summed E-state index contributed by atoms with van der Waals surface area (Å²) in [5.41, 5.74) is -0.484. The molecule has 3 aliphatic rings. The van der Waals surface area contributed by atoms with E-state index in [1.807, 2.05) is 4.90 Å². The second-order valence-electron chi connectivity index (χ2n) is 10.7. The molecule has 0 saturated carbocycles. The van der Waals surface area contributed by atoms with E-state index in [0.717, 1.165) is 16.4 Å². The number of carbonyl (C=O) groups is 2. The van der Waals surface area contributed by atoms with E-state index in [1.54, 1.807) is 13.8 Å². The summed E-state index contributed by atoms with van der Waals surface area (Å²) in [5.74, 6) is -1.03. The smallest absolute Gasteiger partial charge is 0.379 e. The molecule has 0 N–H and O–H groups in total. The van der Waals surface area contributed by atoms with Crippen LogP contribution in [-0.4, -0.2) is 90.2 Å². The highest BCUT2D eigenvalue weighted by Crippen LogP contribution is 2.38. The predicted octanol–water partition coefficient (Wildman–Crippen LogP) is 4.21. The van der Waals surface area contributed by atoms with Gasteiger partial charge in [0.25, 0.3) is 10.0 Å². The van der Waals surface area contributed by atoms with E-state index < -0.39 is 51.7 Å². The number of rotatable bonds is 6. The topological polar surface area (TPSA) is 90.5 Å². The highest BCUT2D eigenvalue weighted by molar-refractivity contribution is 7.89. The summed E-state index contributed by atoms with van der Waals surface area (Å²) in [6.45, 7) is 4.58. The number of sulfonamides is 1. The normalized spacial score (nSPS) is 22.2. The fourth-order valence-electron chi connectivity index (χ4n) is 5.45. The molecule has 2 unspecified atom stereocenters. The summed E-state index contributed by atoms with van der Waals surface area (Å²) < 4.78 is 74.6. The monoisotopic (exact) mass is 660 g/mol. The minimum Gasteiger partial charge on any atom is -0.379 e.